The number of hydrazone groups is 1. The second-order valence-electron chi connectivity index (χ2n) is 8.96. The Balaban J connectivity index is 1.29. The van der Waals surface area contributed by atoms with Gasteiger partial charge < -0.3 is 10.1 Å². The van der Waals surface area contributed by atoms with Crippen LogP contribution in [0.4, 0.5) is 0 Å². The van der Waals surface area contributed by atoms with E-state index in [4.69, 9.17) is 4.74 Å². The average molecular weight is 516 g/mol. The Kier molecular flexibility index (Phi) is 7.41. The van der Waals surface area contributed by atoms with E-state index in [1.807, 2.05) is 79.7 Å². The van der Waals surface area contributed by atoms with Crippen LogP contribution in [0.15, 0.2) is 108 Å². The number of esters is 1. The molecule has 0 aromatic heterocycles. The molecule has 0 heterocycles. The number of nitrogens with one attached hydrogen (secondary N) is 2. The average Bonchev–Trinajstić information content (AvgIpc) is 2.96. The summed E-state index contributed by atoms with van der Waals surface area (Å²) in [5, 5.41) is 10.2. The SMILES string of the molecule is Cc1ccc(C(=O)Oc2ccc3ccccc3c2/C=N/NC(=O)CNC(=O)c2cccc3ccccc23)cc1. The Morgan fingerprint density at radius 2 is 1.44 bits per heavy atom. The van der Waals surface area contributed by atoms with Gasteiger partial charge in [-0.25, -0.2) is 10.2 Å². The zero-order valence-electron chi connectivity index (χ0n) is 21.2. The summed E-state index contributed by atoms with van der Waals surface area (Å²) < 4.78 is 5.70. The molecule has 5 aromatic carbocycles. The van der Waals surface area contributed by atoms with E-state index in [0.29, 0.717) is 22.4 Å². The van der Waals surface area contributed by atoms with Gasteiger partial charge in [-0.1, -0.05) is 84.4 Å². The Morgan fingerprint density at radius 1 is 0.769 bits per heavy atom. The first kappa shape index (κ1) is 25.4. The Hall–Kier alpha value is -5.30. The van der Waals surface area contributed by atoms with Crippen LogP contribution in [-0.2, 0) is 4.79 Å². The standard InChI is InChI=1S/C32H25N3O4/c1-21-13-15-24(16-14-21)32(38)39-29-18-17-23-8-3-5-11-26(23)28(29)19-34-35-30(36)20-33-31(37)27-12-6-9-22-7-2-4-10-25(22)27/h2-19H,20H2,1H3,(H,33,37)(H,35,36)/b34-19+. The first-order valence-corrected chi connectivity index (χ1v) is 12.4. The molecule has 0 aliphatic carbocycles. The highest BCUT2D eigenvalue weighted by atomic mass is 16.5. The van der Waals surface area contributed by atoms with Gasteiger partial charge in [0, 0.05) is 11.1 Å². The molecule has 192 valence electrons. The third-order valence-electron chi connectivity index (χ3n) is 6.25. The minimum absolute atomic E-state index is 0.260. The molecule has 0 bridgehead atoms. The lowest BCUT2D eigenvalue weighted by atomic mass is 10.0. The smallest absolute Gasteiger partial charge is 0.343 e. The van der Waals surface area contributed by atoms with Gasteiger partial charge in [0.2, 0.25) is 0 Å². The lowest BCUT2D eigenvalue weighted by Crippen LogP contribution is -2.35. The lowest BCUT2D eigenvalue weighted by molar-refractivity contribution is -0.120. The third-order valence-corrected chi connectivity index (χ3v) is 6.25. The van der Waals surface area contributed by atoms with Gasteiger partial charge in [-0.15, -0.1) is 0 Å². The van der Waals surface area contributed by atoms with Crippen LogP contribution in [0.1, 0.15) is 31.8 Å². The molecule has 7 heteroatoms. The number of hydrogen-bond donors (Lipinski definition) is 2. The number of ether oxygens (including phenoxy) is 1. The summed E-state index contributed by atoms with van der Waals surface area (Å²) in [6.07, 6.45) is 1.44. The Labute approximate surface area is 225 Å². The van der Waals surface area contributed by atoms with Gasteiger partial charge in [-0.2, -0.15) is 5.10 Å². The molecule has 0 unspecified atom stereocenters. The van der Waals surface area contributed by atoms with Crippen LogP contribution in [-0.4, -0.2) is 30.5 Å². The second-order valence-corrected chi connectivity index (χ2v) is 8.96. The fourth-order valence-electron chi connectivity index (χ4n) is 4.23. The zero-order valence-corrected chi connectivity index (χ0v) is 21.2. The van der Waals surface area contributed by atoms with Crippen LogP contribution in [0.3, 0.4) is 0 Å². The summed E-state index contributed by atoms with van der Waals surface area (Å²) in [7, 11) is 0. The number of carbonyl (C=O) groups excluding carboxylic acids is 3. The van der Waals surface area contributed by atoms with Crippen LogP contribution in [0, 0.1) is 6.92 Å². The molecule has 5 aromatic rings. The van der Waals surface area contributed by atoms with Crippen molar-refractivity contribution < 1.29 is 19.1 Å². The van der Waals surface area contributed by atoms with Gasteiger partial charge in [0.25, 0.3) is 11.8 Å². The fourth-order valence-corrected chi connectivity index (χ4v) is 4.23. The van der Waals surface area contributed by atoms with Crippen molar-refractivity contribution in [2.24, 2.45) is 5.10 Å². The molecule has 0 aliphatic rings. The highest BCUT2D eigenvalue weighted by molar-refractivity contribution is 6.08. The fraction of sp³-hybridized carbons (Fsp3) is 0.0625. The minimum Gasteiger partial charge on any atom is -0.422 e. The lowest BCUT2D eigenvalue weighted by Gasteiger charge is -2.11. The molecule has 0 aliphatic heterocycles. The molecule has 0 spiro atoms. The van der Waals surface area contributed by atoms with Gasteiger partial charge in [0.05, 0.1) is 18.3 Å². The van der Waals surface area contributed by atoms with Gasteiger partial charge in [0.1, 0.15) is 5.75 Å². The number of fused-ring (bicyclic) bond motifs is 2. The summed E-state index contributed by atoms with van der Waals surface area (Å²) >= 11 is 0. The topological polar surface area (TPSA) is 96.9 Å². The molecule has 0 radical (unpaired) electrons. The maximum absolute atomic E-state index is 12.8. The quantitative estimate of drug-likeness (QED) is 0.131. The molecular weight excluding hydrogens is 490 g/mol. The summed E-state index contributed by atoms with van der Waals surface area (Å²) in [4.78, 5) is 37.9. The monoisotopic (exact) mass is 515 g/mol. The summed E-state index contributed by atoms with van der Waals surface area (Å²) in [5.41, 5.74) is 4.91. The number of hydrogen-bond acceptors (Lipinski definition) is 5. The molecule has 0 saturated heterocycles. The van der Waals surface area contributed by atoms with Crippen LogP contribution in [0.2, 0.25) is 0 Å². The first-order valence-electron chi connectivity index (χ1n) is 12.4. The Morgan fingerprint density at radius 3 is 2.21 bits per heavy atom. The molecule has 2 amide bonds. The van der Waals surface area contributed by atoms with E-state index in [1.165, 1.54) is 6.21 Å². The Bertz CT molecular complexity index is 1720. The van der Waals surface area contributed by atoms with Crippen molar-refractivity contribution >= 4 is 45.5 Å². The zero-order chi connectivity index (χ0) is 27.2. The van der Waals surface area contributed by atoms with Gasteiger partial charge >= 0.3 is 5.97 Å². The molecule has 5 rings (SSSR count). The van der Waals surface area contributed by atoms with Crippen LogP contribution >= 0.6 is 0 Å². The van der Waals surface area contributed by atoms with Crippen molar-refractivity contribution in [2.75, 3.05) is 6.54 Å². The summed E-state index contributed by atoms with van der Waals surface area (Å²) in [6.45, 7) is 1.68. The maximum atomic E-state index is 12.8. The van der Waals surface area contributed by atoms with Gasteiger partial charge in [0.15, 0.2) is 0 Å². The van der Waals surface area contributed by atoms with E-state index in [-0.39, 0.29) is 12.5 Å². The number of amides is 2. The highest BCUT2D eigenvalue weighted by Gasteiger charge is 2.14. The van der Waals surface area contributed by atoms with E-state index in [2.05, 4.69) is 15.8 Å². The van der Waals surface area contributed by atoms with Crippen molar-refractivity contribution in [1.82, 2.24) is 10.7 Å². The van der Waals surface area contributed by atoms with Crippen molar-refractivity contribution in [2.45, 2.75) is 6.92 Å². The molecule has 0 saturated carbocycles. The summed E-state index contributed by atoms with van der Waals surface area (Å²) in [5.74, 6) is -1.05. The summed E-state index contributed by atoms with van der Waals surface area (Å²) in [6, 6.07) is 31.2. The molecule has 0 fully saturated rings. The number of carbonyl (C=O) groups is 3. The predicted molar refractivity (Wildman–Crippen MR) is 152 cm³/mol. The molecule has 0 atom stereocenters. The largest absolute Gasteiger partial charge is 0.422 e. The number of benzene rings is 5. The second kappa shape index (κ2) is 11.4. The normalized spacial score (nSPS) is 11.0. The number of nitrogens with zero attached hydrogens (tertiary/aromatic N) is 1. The minimum atomic E-state index is -0.502. The molecule has 39 heavy (non-hydrogen) atoms. The van der Waals surface area contributed by atoms with E-state index in [1.54, 1.807) is 30.3 Å². The molecular formula is C32H25N3O4. The van der Waals surface area contributed by atoms with Gasteiger partial charge in [-0.05, 0) is 52.7 Å². The van der Waals surface area contributed by atoms with Crippen molar-refractivity contribution in [3.63, 3.8) is 0 Å². The van der Waals surface area contributed by atoms with Crippen LogP contribution < -0.4 is 15.5 Å². The van der Waals surface area contributed by atoms with Crippen LogP contribution in [0.5, 0.6) is 5.75 Å². The maximum Gasteiger partial charge on any atom is 0.343 e. The van der Waals surface area contributed by atoms with Crippen LogP contribution in [0.25, 0.3) is 21.5 Å². The van der Waals surface area contributed by atoms with E-state index in [9.17, 15) is 14.4 Å². The van der Waals surface area contributed by atoms with Crippen molar-refractivity contribution in [3.05, 3.63) is 125 Å². The number of rotatable bonds is 7. The van der Waals surface area contributed by atoms with Crippen molar-refractivity contribution in [1.29, 1.82) is 0 Å². The molecule has 7 nitrogen and oxygen atoms in total. The van der Waals surface area contributed by atoms with E-state index >= 15 is 0 Å². The van der Waals surface area contributed by atoms with E-state index in [0.717, 1.165) is 27.1 Å². The van der Waals surface area contributed by atoms with Crippen molar-refractivity contribution in [3.8, 4) is 5.75 Å². The highest BCUT2D eigenvalue weighted by Crippen LogP contribution is 2.27. The van der Waals surface area contributed by atoms with E-state index < -0.39 is 11.9 Å². The van der Waals surface area contributed by atoms with Gasteiger partial charge in [-0.3, -0.25) is 9.59 Å². The predicted octanol–water partition coefficient (Wildman–Crippen LogP) is 5.40. The first-order chi connectivity index (χ1) is 19.0. The number of aryl methyl sites for hydroxylation is 1. The molecule has 2 N–H and O–H groups in total. The third kappa shape index (κ3) is 5.83.